The number of nitrogens with zero attached hydrogens (tertiary/aromatic N) is 1. The fourth-order valence-electron chi connectivity index (χ4n) is 1.22. The molecule has 0 fully saturated rings. The molecular weight excluding hydrogens is 203 g/mol. The van der Waals surface area contributed by atoms with E-state index in [1.807, 2.05) is 12.1 Å². The summed E-state index contributed by atoms with van der Waals surface area (Å²) in [5.74, 6) is -1.20. The van der Waals surface area contributed by atoms with Gasteiger partial charge in [-0.1, -0.05) is 0 Å². The second-order valence-electron chi connectivity index (χ2n) is 2.83. The number of pyridine rings is 1. The Labute approximate surface area is 109 Å². The maximum atomic E-state index is 10.5. The van der Waals surface area contributed by atoms with Crippen LogP contribution in [0.4, 0.5) is 0 Å². The zero-order valence-corrected chi connectivity index (χ0v) is 10.2. The van der Waals surface area contributed by atoms with Gasteiger partial charge in [0.15, 0.2) is 0 Å². The summed E-state index contributed by atoms with van der Waals surface area (Å²) in [4.78, 5) is 17.0. The molecule has 0 aliphatic heterocycles. The minimum absolute atomic E-state index is 0. The Morgan fingerprint density at radius 2 is 1.93 bits per heavy atom. The van der Waals surface area contributed by atoms with E-state index in [0.29, 0.717) is 0 Å². The second-order valence-corrected chi connectivity index (χ2v) is 2.83. The molecule has 4 nitrogen and oxygen atoms in total. The van der Waals surface area contributed by atoms with E-state index >= 15 is 0 Å². The van der Waals surface area contributed by atoms with Crippen molar-refractivity contribution < 1.29 is 39.5 Å². The number of rotatable bonds is 2. The Morgan fingerprint density at radius 1 is 1.27 bits per heavy atom. The Bertz CT molecular complexity index is 453. The van der Waals surface area contributed by atoms with Gasteiger partial charge in [0.1, 0.15) is 0 Å². The molecule has 2 rings (SSSR count). The number of hydrogen-bond acceptors (Lipinski definition) is 3. The van der Waals surface area contributed by atoms with Crippen molar-refractivity contribution in [2.45, 2.75) is 0 Å². The number of H-pyrrole nitrogens is 1. The van der Waals surface area contributed by atoms with Crippen LogP contribution in [0, 0.1) is 0 Å². The third-order valence-corrected chi connectivity index (χ3v) is 1.92. The van der Waals surface area contributed by atoms with Crippen molar-refractivity contribution >= 4 is 5.97 Å². The van der Waals surface area contributed by atoms with Gasteiger partial charge < -0.3 is 14.9 Å². The average molecular weight is 210 g/mol. The summed E-state index contributed by atoms with van der Waals surface area (Å²) in [5.41, 5.74) is 1.81. The molecule has 2 aromatic heterocycles. The molecule has 0 aromatic carbocycles. The zero-order chi connectivity index (χ0) is 9.97. The van der Waals surface area contributed by atoms with Crippen LogP contribution in [-0.2, 0) is 0 Å². The van der Waals surface area contributed by atoms with Crippen LogP contribution in [0.5, 0.6) is 0 Å². The standard InChI is InChI=1S/C10H8N2O2.Na/c13-10(14)9-5-8(6-12-9)7-1-3-11-4-2-7;/h1-6,12H,(H,13,14);/q;+1/p-1. The van der Waals surface area contributed by atoms with E-state index in [1.165, 1.54) is 6.07 Å². The van der Waals surface area contributed by atoms with Crippen LogP contribution < -0.4 is 34.7 Å². The number of aromatic amines is 1. The molecule has 0 aliphatic carbocycles. The van der Waals surface area contributed by atoms with Gasteiger partial charge in [0, 0.05) is 18.6 Å². The molecule has 70 valence electrons. The first-order valence-electron chi connectivity index (χ1n) is 4.07. The van der Waals surface area contributed by atoms with Gasteiger partial charge in [-0.25, -0.2) is 0 Å². The van der Waals surface area contributed by atoms with E-state index in [9.17, 15) is 9.90 Å². The normalized spacial score (nSPS) is 9.33. The Hall–Kier alpha value is -1.10. The molecule has 0 atom stereocenters. The molecule has 0 spiro atoms. The van der Waals surface area contributed by atoms with Crippen molar-refractivity contribution in [3.05, 3.63) is 42.5 Å². The molecule has 0 bridgehead atoms. The quantitative estimate of drug-likeness (QED) is 0.554. The Kier molecular flexibility index (Phi) is 4.08. The van der Waals surface area contributed by atoms with Gasteiger partial charge in [0.2, 0.25) is 0 Å². The van der Waals surface area contributed by atoms with Gasteiger partial charge in [-0.3, -0.25) is 4.98 Å². The molecule has 2 aromatic rings. The van der Waals surface area contributed by atoms with Crippen LogP contribution in [0.2, 0.25) is 0 Å². The second kappa shape index (κ2) is 5.11. The fraction of sp³-hybridized carbons (Fsp3) is 0. The van der Waals surface area contributed by atoms with Crippen LogP contribution in [-0.4, -0.2) is 15.9 Å². The van der Waals surface area contributed by atoms with Gasteiger partial charge in [-0.2, -0.15) is 0 Å². The SMILES string of the molecule is O=C([O-])c1cc(-c2ccncc2)c[nH]1.[Na+]. The first-order chi connectivity index (χ1) is 6.77. The third kappa shape index (κ3) is 2.68. The van der Waals surface area contributed by atoms with E-state index in [0.717, 1.165) is 11.1 Å². The minimum atomic E-state index is -1.20. The molecule has 0 amide bonds. The van der Waals surface area contributed by atoms with E-state index in [-0.39, 0.29) is 35.3 Å². The molecule has 0 aliphatic rings. The zero-order valence-electron chi connectivity index (χ0n) is 8.23. The number of aromatic nitrogens is 2. The summed E-state index contributed by atoms with van der Waals surface area (Å²) in [5, 5.41) is 10.5. The first-order valence-corrected chi connectivity index (χ1v) is 4.07. The van der Waals surface area contributed by atoms with Crippen molar-refractivity contribution in [2.24, 2.45) is 0 Å². The molecule has 5 heteroatoms. The van der Waals surface area contributed by atoms with Crippen LogP contribution >= 0.6 is 0 Å². The molecule has 15 heavy (non-hydrogen) atoms. The smallest absolute Gasteiger partial charge is 0.543 e. The number of nitrogens with one attached hydrogen (secondary N) is 1. The Balaban J connectivity index is 0.00000112. The van der Waals surface area contributed by atoms with Crippen molar-refractivity contribution in [1.29, 1.82) is 0 Å². The van der Waals surface area contributed by atoms with Gasteiger partial charge in [0.05, 0.1) is 11.7 Å². The predicted octanol–water partition coefficient (Wildman–Crippen LogP) is -2.56. The number of carboxylic acids is 1. The Morgan fingerprint density at radius 3 is 2.47 bits per heavy atom. The van der Waals surface area contributed by atoms with Crippen LogP contribution in [0.25, 0.3) is 11.1 Å². The molecule has 0 unspecified atom stereocenters. The van der Waals surface area contributed by atoms with Crippen molar-refractivity contribution in [3.63, 3.8) is 0 Å². The fourth-order valence-corrected chi connectivity index (χ4v) is 1.22. The van der Waals surface area contributed by atoms with Crippen molar-refractivity contribution in [3.8, 4) is 11.1 Å². The van der Waals surface area contributed by atoms with Gasteiger partial charge in [-0.15, -0.1) is 0 Å². The number of carboxylic acid groups (broad SMARTS) is 1. The third-order valence-electron chi connectivity index (χ3n) is 1.92. The van der Waals surface area contributed by atoms with E-state index in [1.54, 1.807) is 18.6 Å². The molecule has 0 saturated carbocycles. The minimum Gasteiger partial charge on any atom is -0.543 e. The van der Waals surface area contributed by atoms with Crippen LogP contribution in [0.15, 0.2) is 36.8 Å². The summed E-state index contributed by atoms with van der Waals surface area (Å²) in [6.07, 6.45) is 4.93. The van der Waals surface area contributed by atoms with E-state index < -0.39 is 5.97 Å². The summed E-state index contributed by atoms with van der Waals surface area (Å²) in [7, 11) is 0. The van der Waals surface area contributed by atoms with Crippen molar-refractivity contribution in [1.82, 2.24) is 9.97 Å². The number of hydrogen-bond donors (Lipinski definition) is 1. The van der Waals surface area contributed by atoms with Crippen LogP contribution in [0.3, 0.4) is 0 Å². The average Bonchev–Trinajstić information content (AvgIpc) is 2.68. The molecule has 0 radical (unpaired) electrons. The number of carbonyl (C=O) groups is 1. The van der Waals surface area contributed by atoms with Crippen molar-refractivity contribution in [2.75, 3.05) is 0 Å². The summed E-state index contributed by atoms with van der Waals surface area (Å²) in [6, 6.07) is 5.15. The maximum Gasteiger partial charge on any atom is 1.00 e. The first kappa shape index (κ1) is 12.0. The monoisotopic (exact) mass is 210 g/mol. The predicted molar refractivity (Wildman–Crippen MR) is 48.4 cm³/mol. The van der Waals surface area contributed by atoms with E-state index in [2.05, 4.69) is 9.97 Å². The summed E-state index contributed by atoms with van der Waals surface area (Å²) in [6.45, 7) is 0. The molecule has 0 saturated heterocycles. The summed E-state index contributed by atoms with van der Waals surface area (Å²) < 4.78 is 0. The molecule has 2 heterocycles. The molecular formula is C10H7N2NaO2. The van der Waals surface area contributed by atoms with Crippen LogP contribution in [0.1, 0.15) is 10.5 Å². The number of carbonyl (C=O) groups excluding carboxylic acids is 1. The topological polar surface area (TPSA) is 68.8 Å². The number of aromatic carboxylic acids is 1. The maximum absolute atomic E-state index is 10.5. The summed E-state index contributed by atoms with van der Waals surface area (Å²) >= 11 is 0. The van der Waals surface area contributed by atoms with E-state index in [4.69, 9.17) is 0 Å². The largest absolute Gasteiger partial charge is 1.00 e. The van der Waals surface area contributed by atoms with Gasteiger partial charge in [0.25, 0.3) is 0 Å². The molecule has 1 N–H and O–H groups in total. The van der Waals surface area contributed by atoms with Gasteiger partial charge >= 0.3 is 29.6 Å². The van der Waals surface area contributed by atoms with Gasteiger partial charge in [-0.05, 0) is 29.3 Å².